The Morgan fingerprint density at radius 1 is 1.19 bits per heavy atom. The Kier molecular flexibility index (Phi) is 6.99. The molecule has 1 aliphatic heterocycles. The Morgan fingerprint density at radius 3 is 2.41 bits per heavy atom. The first-order valence-electron chi connectivity index (χ1n) is 11.2. The number of rotatable bonds is 6. The summed E-state index contributed by atoms with van der Waals surface area (Å²) in [4.78, 5) is 14.4. The van der Waals surface area contributed by atoms with E-state index in [2.05, 4.69) is 32.9 Å². The zero-order valence-corrected chi connectivity index (χ0v) is 20.8. The number of ether oxygens (including phenoxy) is 1. The van der Waals surface area contributed by atoms with Crippen molar-refractivity contribution in [2.24, 2.45) is 5.92 Å². The van der Waals surface area contributed by atoms with E-state index in [4.69, 9.17) is 10.5 Å². The fourth-order valence-corrected chi connectivity index (χ4v) is 5.32. The van der Waals surface area contributed by atoms with Gasteiger partial charge in [-0.2, -0.15) is 0 Å². The second kappa shape index (κ2) is 9.22. The van der Waals surface area contributed by atoms with Crippen LogP contribution in [0.5, 0.6) is 0 Å². The fourth-order valence-electron chi connectivity index (χ4n) is 4.08. The van der Waals surface area contributed by atoms with Gasteiger partial charge in [-0.3, -0.25) is 0 Å². The molecule has 3 rings (SSSR count). The molecule has 0 amide bonds. The van der Waals surface area contributed by atoms with Gasteiger partial charge in [-0.05, 0) is 59.9 Å². The Balaban J connectivity index is 1.91. The van der Waals surface area contributed by atoms with Gasteiger partial charge in [0, 0.05) is 17.0 Å². The largest absolute Gasteiger partial charge is 0.511 e. The van der Waals surface area contributed by atoms with Gasteiger partial charge in [0.2, 0.25) is 0 Å². The van der Waals surface area contributed by atoms with E-state index in [9.17, 15) is 9.90 Å². The summed E-state index contributed by atoms with van der Waals surface area (Å²) in [6.07, 6.45) is 1.77. The normalized spacial score (nSPS) is 19.4. The zero-order chi connectivity index (χ0) is 23.7. The topological polar surface area (TPSA) is 72.5 Å². The second-order valence-electron chi connectivity index (χ2n) is 10.1. The first kappa shape index (κ1) is 24.2. The SMILES string of the molecule is Cc1cc(SC2=C(O)C[C@@](CCc3ccccc3)(C(C)C)OC2=O)c(C(C)(C)C)cc1N. The van der Waals surface area contributed by atoms with Crippen molar-refractivity contribution in [3.05, 3.63) is 69.8 Å². The van der Waals surface area contributed by atoms with Crippen molar-refractivity contribution in [1.82, 2.24) is 0 Å². The highest BCUT2D eigenvalue weighted by Crippen LogP contribution is 2.45. The number of aliphatic hydroxyl groups excluding tert-OH is 1. The van der Waals surface area contributed by atoms with Crippen LogP contribution in [0.25, 0.3) is 0 Å². The van der Waals surface area contributed by atoms with Gasteiger partial charge in [-0.25, -0.2) is 4.79 Å². The molecule has 1 aliphatic rings. The molecule has 2 aromatic rings. The maximum Gasteiger partial charge on any atom is 0.349 e. The van der Waals surface area contributed by atoms with Crippen LogP contribution < -0.4 is 5.73 Å². The summed E-state index contributed by atoms with van der Waals surface area (Å²) in [6, 6.07) is 14.1. The molecule has 3 N–H and O–H groups in total. The number of hydrogen-bond acceptors (Lipinski definition) is 5. The van der Waals surface area contributed by atoms with E-state index in [0.29, 0.717) is 12.8 Å². The first-order valence-corrected chi connectivity index (χ1v) is 12.0. The van der Waals surface area contributed by atoms with Crippen molar-refractivity contribution >= 4 is 23.4 Å². The van der Waals surface area contributed by atoms with Crippen LogP contribution in [0.3, 0.4) is 0 Å². The number of benzene rings is 2. The quantitative estimate of drug-likeness (QED) is 0.376. The second-order valence-corrected chi connectivity index (χ2v) is 11.2. The third kappa shape index (κ3) is 5.15. The van der Waals surface area contributed by atoms with Crippen molar-refractivity contribution in [2.75, 3.05) is 5.73 Å². The van der Waals surface area contributed by atoms with E-state index < -0.39 is 11.6 Å². The molecule has 0 aliphatic carbocycles. The van der Waals surface area contributed by atoms with Gasteiger partial charge in [0.05, 0.1) is 0 Å². The van der Waals surface area contributed by atoms with Crippen LogP contribution in [-0.4, -0.2) is 16.7 Å². The number of thioether (sulfide) groups is 1. The summed E-state index contributed by atoms with van der Waals surface area (Å²) < 4.78 is 6.09. The molecule has 0 saturated carbocycles. The van der Waals surface area contributed by atoms with E-state index in [1.807, 2.05) is 51.1 Å². The minimum atomic E-state index is -0.717. The van der Waals surface area contributed by atoms with E-state index >= 15 is 0 Å². The Hall–Kier alpha value is -2.40. The number of carbonyl (C=O) groups excluding carboxylic acids is 1. The highest BCUT2D eigenvalue weighted by Gasteiger charge is 2.44. The number of esters is 1. The predicted molar refractivity (Wildman–Crippen MR) is 133 cm³/mol. The standard InChI is InChI=1S/C27H35NO3S/c1-17(2)27(13-12-19-10-8-7-9-11-19)16-22(29)24(25(30)31-27)32-23-14-18(3)21(28)15-20(23)26(4,5)6/h7-11,14-15,17,29H,12-13,16,28H2,1-6H3/t27-/m0/s1. The van der Waals surface area contributed by atoms with Crippen molar-refractivity contribution < 1.29 is 14.6 Å². The number of cyclic esters (lactones) is 1. The summed E-state index contributed by atoms with van der Waals surface area (Å²) >= 11 is 1.28. The molecule has 5 heteroatoms. The van der Waals surface area contributed by atoms with Crippen LogP contribution in [0.4, 0.5) is 5.69 Å². The maximum absolute atomic E-state index is 13.2. The highest BCUT2D eigenvalue weighted by molar-refractivity contribution is 8.04. The summed E-state index contributed by atoms with van der Waals surface area (Å²) in [6.45, 7) is 12.4. The van der Waals surface area contributed by atoms with Gasteiger partial charge >= 0.3 is 5.97 Å². The minimum absolute atomic E-state index is 0.0766. The Labute approximate surface area is 196 Å². The molecule has 0 saturated heterocycles. The van der Waals surface area contributed by atoms with E-state index in [1.165, 1.54) is 17.3 Å². The molecule has 172 valence electrons. The molecule has 1 heterocycles. The van der Waals surface area contributed by atoms with Crippen LogP contribution >= 0.6 is 11.8 Å². The average Bonchev–Trinajstić information content (AvgIpc) is 2.71. The van der Waals surface area contributed by atoms with Gasteiger partial charge in [-0.15, -0.1) is 0 Å². The fraction of sp³-hybridized carbons (Fsp3) is 0.444. The number of aliphatic hydroxyl groups is 1. The Morgan fingerprint density at radius 2 is 1.84 bits per heavy atom. The summed E-state index contributed by atoms with van der Waals surface area (Å²) in [5.74, 6) is -0.259. The molecule has 0 spiro atoms. The average molecular weight is 454 g/mol. The molecule has 0 aromatic heterocycles. The summed E-state index contributed by atoms with van der Waals surface area (Å²) in [5, 5.41) is 11.0. The third-order valence-corrected chi connectivity index (χ3v) is 7.49. The lowest BCUT2D eigenvalue weighted by Crippen LogP contribution is -2.44. The monoisotopic (exact) mass is 453 g/mol. The summed E-state index contributed by atoms with van der Waals surface area (Å²) in [5.41, 5.74) is 9.20. The minimum Gasteiger partial charge on any atom is -0.511 e. The number of nitrogens with two attached hydrogens (primary N) is 1. The van der Waals surface area contributed by atoms with Gasteiger partial charge in [-0.1, -0.05) is 76.7 Å². The van der Waals surface area contributed by atoms with Gasteiger partial charge in [0.15, 0.2) is 0 Å². The van der Waals surface area contributed by atoms with Crippen LogP contribution in [-0.2, 0) is 21.4 Å². The van der Waals surface area contributed by atoms with Gasteiger partial charge < -0.3 is 15.6 Å². The Bertz CT molecular complexity index is 1020. The molecular formula is C27H35NO3S. The van der Waals surface area contributed by atoms with Crippen LogP contribution in [0.2, 0.25) is 0 Å². The van der Waals surface area contributed by atoms with Crippen molar-refractivity contribution in [3.8, 4) is 0 Å². The van der Waals surface area contributed by atoms with E-state index in [0.717, 1.165) is 28.1 Å². The molecule has 2 aromatic carbocycles. The molecule has 0 fully saturated rings. The molecule has 1 atom stereocenters. The maximum atomic E-state index is 13.2. The zero-order valence-electron chi connectivity index (χ0n) is 20.0. The lowest BCUT2D eigenvalue weighted by Gasteiger charge is -2.40. The molecule has 32 heavy (non-hydrogen) atoms. The van der Waals surface area contributed by atoms with Crippen molar-refractivity contribution in [2.45, 2.75) is 76.7 Å². The highest BCUT2D eigenvalue weighted by atomic mass is 32.2. The summed E-state index contributed by atoms with van der Waals surface area (Å²) in [7, 11) is 0. The first-order chi connectivity index (χ1) is 14.9. The molecule has 0 bridgehead atoms. The van der Waals surface area contributed by atoms with Gasteiger partial charge in [0.25, 0.3) is 0 Å². The number of aryl methyl sites for hydroxylation is 2. The lowest BCUT2D eigenvalue weighted by molar-refractivity contribution is -0.164. The third-order valence-electron chi connectivity index (χ3n) is 6.33. The molecule has 0 unspecified atom stereocenters. The van der Waals surface area contributed by atoms with Gasteiger partial charge in [0.1, 0.15) is 16.3 Å². The van der Waals surface area contributed by atoms with Crippen LogP contribution in [0.15, 0.2) is 58.0 Å². The number of hydrogen-bond donors (Lipinski definition) is 2. The predicted octanol–water partition coefficient (Wildman–Crippen LogP) is 6.71. The lowest BCUT2D eigenvalue weighted by atomic mass is 9.80. The van der Waals surface area contributed by atoms with Crippen molar-refractivity contribution in [3.63, 3.8) is 0 Å². The number of nitrogen functional groups attached to an aromatic ring is 1. The molecule has 0 radical (unpaired) electrons. The molecule has 4 nitrogen and oxygen atoms in total. The number of anilines is 1. The molecular weight excluding hydrogens is 418 g/mol. The van der Waals surface area contributed by atoms with Crippen LogP contribution in [0.1, 0.15) is 64.2 Å². The van der Waals surface area contributed by atoms with Crippen LogP contribution in [0, 0.1) is 12.8 Å². The van der Waals surface area contributed by atoms with Crippen molar-refractivity contribution in [1.29, 1.82) is 0 Å². The van der Waals surface area contributed by atoms with E-state index in [-0.39, 0.29) is 22.0 Å². The smallest absolute Gasteiger partial charge is 0.349 e. The van der Waals surface area contributed by atoms with E-state index in [1.54, 1.807) is 0 Å². The number of carbonyl (C=O) groups is 1.